The highest BCUT2D eigenvalue weighted by Crippen LogP contribution is 2.16. The van der Waals surface area contributed by atoms with E-state index in [0.29, 0.717) is 23.7 Å². The molecule has 0 saturated heterocycles. The Labute approximate surface area is 111 Å². The Morgan fingerprint density at radius 2 is 2.00 bits per heavy atom. The van der Waals surface area contributed by atoms with Crippen LogP contribution in [0.15, 0.2) is 24.3 Å². The zero-order valence-electron chi connectivity index (χ0n) is 10.5. The van der Waals surface area contributed by atoms with E-state index in [4.69, 9.17) is 16.3 Å². The Morgan fingerprint density at radius 1 is 1.33 bits per heavy atom. The zero-order chi connectivity index (χ0) is 13.5. The van der Waals surface area contributed by atoms with Crippen LogP contribution in [0, 0.1) is 0 Å². The van der Waals surface area contributed by atoms with Gasteiger partial charge >= 0.3 is 5.97 Å². The summed E-state index contributed by atoms with van der Waals surface area (Å²) in [6.07, 6.45) is 0.181. The van der Waals surface area contributed by atoms with Crippen LogP contribution in [-0.4, -0.2) is 37.0 Å². The number of hydrogen-bond donors (Lipinski definition) is 0. The molecule has 0 aliphatic heterocycles. The van der Waals surface area contributed by atoms with E-state index in [1.54, 1.807) is 38.2 Å². The standard InChI is InChI=1S/C13H16ClNO3/c1-3-18-12(16)8-9-15(2)13(17)10-6-4-5-7-11(10)14/h4-7H,3,8-9H2,1-2H3. The second kappa shape index (κ2) is 7.01. The summed E-state index contributed by atoms with van der Waals surface area (Å²) in [7, 11) is 1.63. The molecule has 0 saturated carbocycles. The molecule has 1 aromatic carbocycles. The van der Waals surface area contributed by atoms with E-state index in [1.165, 1.54) is 4.90 Å². The normalized spacial score (nSPS) is 9.94. The SMILES string of the molecule is CCOC(=O)CCN(C)C(=O)c1ccccc1Cl. The van der Waals surface area contributed by atoms with E-state index in [9.17, 15) is 9.59 Å². The van der Waals surface area contributed by atoms with E-state index >= 15 is 0 Å². The number of ether oxygens (including phenoxy) is 1. The molecule has 0 bridgehead atoms. The van der Waals surface area contributed by atoms with Gasteiger partial charge in [-0.1, -0.05) is 23.7 Å². The average molecular weight is 270 g/mol. The summed E-state index contributed by atoms with van der Waals surface area (Å²) in [4.78, 5) is 24.7. The van der Waals surface area contributed by atoms with E-state index < -0.39 is 0 Å². The molecule has 0 unspecified atom stereocenters. The number of amides is 1. The van der Waals surface area contributed by atoms with Gasteiger partial charge in [0.2, 0.25) is 0 Å². The first kappa shape index (κ1) is 14.5. The molecule has 4 nitrogen and oxygen atoms in total. The van der Waals surface area contributed by atoms with Crippen LogP contribution in [0.5, 0.6) is 0 Å². The summed E-state index contributed by atoms with van der Waals surface area (Å²) >= 11 is 5.94. The molecule has 1 aromatic rings. The maximum Gasteiger partial charge on any atom is 0.307 e. The molecule has 18 heavy (non-hydrogen) atoms. The van der Waals surface area contributed by atoms with Gasteiger partial charge in [0, 0.05) is 13.6 Å². The molecule has 0 aromatic heterocycles. The van der Waals surface area contributed by atoms with E-state index in [-0.39, 0.29) is 18.3 Å². The molecule has 0 aliphatic carbocycles. The number of nitrogens with zero attached hydrogens (tertiary/aromatic N) is 1. The Kier molecular flexibility index (Phi) is 5.65. The highest BCUT2D eigenvalue weighted by molar-refractivity contribution is 6.33. The van der Waals surface area contributed by atoms with Crippen LogP contribution in [-0.2, 0) is 9.53 Å². The lowest BCUT2D eigenvalue weighted by atomic mass is 10.2. The predicted octanol–water partition coefficient (Wildman–Crippen LogP) is 2.37. The number of carbonyl (C=O) groups excluding carboxylic acids is 2. The molecule has 0 spiro atoms. The summed E-state index contributed by atoms with van der Waals surface area (Å²) in [5.74, 6) is -0.513. The molecule has 1 amide bonds. The molecule has 0 aliphatic rings. The Hall–Kier alpha value is -1.55. The van der Waals surface area contributed by atoms with E-state index in [1.807, 2.05) is 0 Å². The molecule has 0 heterocycles. The third-order valence-electron chi connectivity index (χ3n) is 2.41. The van der Waals surface area contributed by atoms with Gasteiger partial charge in [0.15, 0.2) is 0 Å². The van der Waals surface area contributed by atoms with Crippen LogP contribution in [0.25, 0.3) is 0 Å². The lowest BCUT2D eigenvalue weighted by Gasteiger charge is -2.17. The fourth-order valence-corrected chi connectivity index (χ4v) is 1.65. The third kappa shape index (κ3) is 4.04. The molecular formula is C13H16ClNO3. The van der Waals surface area contributed by atoms with Crippen LogP contribution < -0.4 is 0 Å². The highest BCUT2D eigenvalue weighted by atomic mass is 35.5. The monoisotopic (exact) mass is 269 g/mol. The van der Waals surface area contributed by atoms with Gasteiger partial charge in [-0.3, -0.25) is 9.59 Å². The van der Waals surface area contributed by atoms with Crippen molar-refractivity contribution in [2.24, 2.45) is 0 Å². The largest absolute Gasteiger partial charge is 0.466 e. The van der Waals surface area contributed by atoms with Gasteiger partial charge in [0.05, 0.1) is 23.6 Å². The third-order valence-corrected chi connectivity index (χ3v) is 2.74. The number of carbonyl (C=O) groups is 2. The van der Waals surface area contributed by atoms with Crippen molar-refractivity contribution in [3.8, 4) is 0 Å². The van der Waals surface area contributed by atoms with Crippen LogP contribution in [0.3, 0.4) is 0 Å². The summed E-state index contributed by atoms with van der Waals surface area (Å²) in [6, 6.07) is 6.83. The molecule has 5 heteroatoms. The molecule has 1 rings (SSSR count). The Bertz CT molecular complexity index is 434. The number of esters is 1. The van der Waals surface area contributed by atoms with Crippen molar-refractivity contribution in [2.75, 3.05) is 20.2 Å². The topological polar surface area (TPSA) is 46.6 Å². The van der Waals surface area contributed by atoms with Crippen molar-refractivity contribution in [1.82, 2.24) is 4.90 Å². The molecule has 0 fully saturated rings. The lowest BCUT2D eigenvalue weighted by molar-refractivity contribution is -0.143. The maximum absolute atomic E-state index is 12.0. The Balaban J connectivity index is 2.57. The van der Waals surface area contributed by atoms with E-state index in [2.05, 4.69) is 0 Å². The summed E-state index contributed by atoms with van der Waals surface area (Å²) in [5, 5.41) is 0.408. The molecular weight excluding hydrogens is 254 g/mol. The van der Waals surface area contributed by atoms with Gasteiger partial charge in [-0.2, -0.15) is 0 Å². The van der Waals surface area contributed by atoms with Crippen LogP contribution in [0.2, 0.25) is 5.02 Å². The number of hydrogen-bond acceptors (Lipinski definition) is 3. The first-order valence-corrected chi connectivity index (χ1v) is 6.09. The fourth-order valence-electron chi connectivity index (χ4n) is 1.43. The van der Waals surface area contributed by atoms with Crippen molar-refractivity contribution >= 4 is 23.5 Å². The van der Waals surface area contributed by atoms with Crippen molar-refractivity contribution in [1.29, 1.82) is 0 Å². The first-order valence-electron chi connectivity index (χ1n) is 5.72. The van der Waals surface area contributed by atoms with Crippen LogP contribution >= 0.6 is 11.6 Å². The smallest absolute Gasteiger partial charge is 0.307 e. The molecule has 98 valence electrons. The van der Waals surface area contributed by atoms with Gasteiger partial charge in [0.25, 0.3) is 5.91 Å². The Morgan fingerprint density at radius 3 is 2.61 bits per heavy atom. The van der Waals surface area contributed by atoms with E-state index in [0.717, 1.165) is 0 Å². The van der Waals surface area contributed by atoms with Crippen LogP contribution in [0.1, 0.15) is 23.7 Å². The number of benzene rings is 1. The average Bonchev–Trinajstić information content (AvgIpc) is 2.36. The van der Waals surface area contributed by atoms with Crippen molar-refractivity contribution in [3.63, 3.8) is 0 Å². The van der Waals surface area contributed by atoms with Crippen molar-refractivity contribution in [3.05, 3.63) is 34.9 Å². The maximum atomic E-state index is 12.0. The number of halogens is 1. The van der Waals surface area contributed by atoms with Crippen LogP contribution in [0.4, 0.5) is 0 Å². The van der Waals surface area contributed by atoms with Gasteiger partial charge in [0.1, 0.15) is 0 Å². The molecule has 0 radical (unpaired) electrons. The lowest BCUT2D eigenvalue weighted by Crippen LogP contribution is -2.29. The van der Waals surface area contributed by atoms with Crippen molar-refractivity contribution in [2.45, 2.75) is 13.3 Å². The second-order valence-corrected chi connectivity index (χ2v) is 4.17. The minimum absolute atomic E-state index is 0.181. The van der Waals surface area contributed by atoms with Crippen molar-refractivity contribution < 1.29 is 14.3 Å². The van der Waals surface area contributed by atoms with Gasteiger partial charge in [-0.05, 0) is 19.1 Å². The van der Waals surface area contributed by atoms with Gasteiger partial charge in [-0.25, -0.2) is 0 Å². The minimum Gasteiger partial charge on any atom is -0.466 e. The van der Waals surface area contributed by atoms with Gasteiger partial charge < -0.3 is 9.64 Å². The first-order chi connectivity index (χ1) is 8.56. The fraction of sp³-hybridized carbons (Fsp3) is 0.385. The second-order valence-electron chi connectivity index (χ2n) is 3.76. The highest BCUT2D eigenvalue weighted by Gasteiger charge is 2.15. The molecule has 0 atom stereocenters. The predicted molar refractivity (Wildman–Crippen MR) is 69.7 cm³/mol. The van der Waals surface area contributed by atoms with Gasteiger partial charge in [-0.15, -0.1) is 0 Å². The zero-order valence-corrected chi connectivity index (χ0v) is 11.2. The minimum atomic E-state index is -0.309. The molecule has 0 N–H and O–H groups in total. The quantitative estimate of drug-likeness (QED) is 0.771. The summed E-state index contributed by atoms with van der Waals surface area (Å²) in [6.45, 7) is 2.40. The number of rotatable bonds is 5. The summed E-state index contributed by atoms with van der Waals surface area (Å²) < 4.78 is 4.80. The summed E-state index contributed by atoms with van der Waals surface area (Å²) in [5.41, 5.74) is 0.436.